The van der Waals surface area contributed by atoms with E-state index in [1.54, 1.807) is 24.3 Å². The minimum atomic E-state index is -4.01. The van der Waals surface area contributed by atoms with E-state index in [-0.39, 0.29) is 22.0 Å². The number of nitriles is 2. The van der Waals surface area contributed by atoms with Crippen molar-refractivity contribution in [1.82, 2.24) is 0 Å². The molecule has 7 heteroatoms. The fraction of sp³-hybridized carbons (Fsp3) is 0.111. The second-order valence-electron chi connectivity index (χ2n) is 5.04. The highest BCUT2D eigenvalue weighted by Crippen LogP contribution is 2.31. The van der Waals surface area contributed by atoms with Crippen LogP contribution in [0.4, 0.5) is 0 Å². The van der Waals surface area contributed by atoms with Crippen LogP contribution >= 0.6 is 0 Å². The number of rotatable bonds is 5. The highest BCUT2D eigenvalue weighted by molar-refractivity contribution is 7.87. The number of nitrogens with zero attached hydrogens (tertiary/aromatic N) is 2. The van der Waals surface area contributed by atoms with Crippen molar-refractivity contribution in [3.63, 3.8) is 0 Å². The third kappa shape index (κ3) is 4.37. The largest absolute Gasteiger partial charge is 0.493 e. The van der Waals surface area contributed by atoms with Gasteiger partial charge in [-0.3, -0.25) is 0 Å². The summed E-state index contributed by atoms with van der Waals surface area (Å²) >= 11 is 0. The minimum absolute atomic E-state index is 0.00990. The van der Waals surface area contributed by atoms with Crippen molar-refractivity contribution in [2.75, 3.05) is 7.11 Å². The molecule has 6 nitrogen and oxygen atoms in total. The summed E-state index contributed by atoms with van der Waals surface area (Å²) in [5, 5.41) is 17.6. The maximum Gasteiger partial charge on any atom is 0.339 e. The molecule has 126 valence electrons. The number of benzene rings is 2. The predicted octanol–water partition coefficient (Wildman–Crippen LogP) is 3.20. The highest BCUT2D eigenvalue weighted by Gasteiger charge is 2.19. The SMILES string of the molecule is COc1cc(C=C(C#N)C#N)ccc1OS(=O)(=O)c1ccc(C)cc1. The maximum absolute atomic E-state index is 12.4. The Morgan fingerprint density at radius 3 is 2.24 bits per heavy atom. The molecular formula is C18H14N2O4S. The lowest BCUT2D eigenvalue weighted by molar-refractivity contribution is 0.390. The first-order valence-electron chi connectivity index (χ1n) is 7.10. The molecule has 0 aromatic heterocycles. The van der Waals surface area contributed by atoms with Crippen molar-refractivity contribution in [2.45, 2.75) is 11.8 Å². The molecule has 0 atom stereocenters. The molecule has 2 aromatic rings. The average Bonchev–Trinajstić information content (AvgIpc) is 2.60. The van der Waals surface area contributed by atoms with E-state index in [0.29, 0.717) is 5.56 Å². The van der Waals surface area contributed by atoms with Gasteiger partial charge in [-0.25, -0.2) is 0 Å². The molecule has 0 amide bonds. The van der Waals surface area contributed by atoms with Gasteiger partial charge in [0.2, 0.25) is 0 Å². The average molecular weight is 354 g/mol. The summed E-state index contributed by atoms with van der Waals surface area (Å²) in [4.78, 5) is 0.0281. The van der Waals surface area contributed by atoms with Crippen LogP contribution in [0.2, 0.25) is 0 Å². The zero-order valence-electron chi connectivity index (χ0n) is 13.6. The Kier molecular flexibility index (Phi) is 5.43. The van der Waals surface area contributed by atoms with E-state index in [2.05, 4.69) is 0 Å². The van der Waals surface area contributed by atoms with Crippen molar-refractivity contribution in [2.24, 2.45) is 0 Å². The number of hydrogen-bond donors (Lipinski definition) is 0. The Morgan fingerprint density at radius 1 is 1.04 bits per heavy atom. The summed E-state index contributed by atoms with van der Waals surface area (Å²) in [6.45, 7) is 1.85. The summed E-state index contributed by atoms with van der Waals surface area (Å²) < 4.78 is 35.0. The molecule has 0 aliphatic heterocycles. The topological polar surface area (TPSA) is 100 Å². The molecule has 0 heterocycles. The van der Waals surface area contributed by atoms with E-state index in [4.69, 9.17) is 19.4 Å². The Hall–Kier alpha value is -3.29. The van der Waals surface area contributed by atoms with Crippen LogP contribution < -0.4 is 8.92 Å². The van der Waals surface area contributed by atoms with Crippen LogP contribution in [0.3, 0.4) is 0 Å². The molecule has 0 saturated carbocycles. The van der Waals surface area contributed by atoms with E-state index < -0.39 is 10.1 Å². The molecule has 2 aromatic carbocycles. The van der Waals surface area contributed by atoms with Crippen molar-refractivity contribution >= 4 is 16.2 Å². The summed E-state index contributed by atoms with van der Waals surface area (Å²) in [5.41, 5.74) is 1.36. The molecular weight excluding hydrogens is 340 g/mol. The van der Waals surface area contributed by atoms with Gasteiger partial charge in [-0.1, -0.05) is 23.8 Å². The molecule has 0 spiro atoms. The quantitative estimate of drug-likeness (QED) is 0.604. The second-order valence-corrected chi connectivity index (χ2v) is 6.59. The minimum Gasteiger partial charge on any atom is -0.493 e. The highest BCUT2D eigenvalue weighted by atomic mass is 32.2. The number of methoxy groups -OCH3 is 1. The first-order valence-corrected chi connectivity index (χ1v) is 8.51. The Bertz CT molecular complexity index is 979. The lowest BCUT2D eigenvalue weighted by Crippen LogP contribution is -2.10. The van der Waals surface area contributed by atoms with Gasteiger partial charge in [-0.05, 0) is 42.8 Å². The Labute approximate surface area is 146 Å². The van der Waals surface area contributed by atoms with Gasteiger partial charge in [0.15, 0.2) is 11.5 Å². The van der Waals surface area contributed by atoms with Crippen LogP contribution in [0.15, 0.2) is 52.9 Å². The number of allylic oxidation sites excluding steroid dienone is 1. The molecule has 0 bridgehead atoms. The normalized spacial score (nSPS) is 10.2. The number of aryl methyl sites for hydroxylation is 1. The van der Waals surface area contributed by atoms with Crippen molar-refractivity contribution in [3.8, 4) is 23.6 Å². The fourth-order valence-electron chi connectivity index (χ4n) is 1.97. The molecule has 0 aliphatic rings. The van der Waals surface area contributed by atoms with Gasteiger partial charge in [-0.15, -0.1) is 0 Å². The molecule has 2 rings (SSSR count). The molecule has 0 radical (unpaired) electrons. The number of ether oxygens (including phenoxy) is 1. The van der Waals surface area contributed by atoms with Gasteiger partial charge in [0.25, 0.3) is 0 Å². The predicted molar refractivity (Wildman–Crippen MR) is 91.2 cm³/mol. The number of hydrogen-bond acceptors (Lipinski definition) is 6. The van der Waals surface area contributed by atoms with Crippen molar-refractivity contribution in [1.29, 1.82) is 10.5 Å². The third-order valence-corrected chi connectivity index (χ3v) is 4.50. The second kappa shape index (κ2) is 7.52. The van der Waals surface area contributed by atoms with Crippen LogP contribution in [0, 0.1) is 29.6 Å². The zero-order chi connectivity index (χ0) is 18.4. The van der Waals surface area contributed by atoms with Crippen LogP contribution in [0.25, 0.3) is 6.08 Å². The summed E-state index contributed by atoms with van der Waals surface area (Å²) in [6, 6.07) is 14.2. The molecule has 0 unspecified atom stereocenters. The maximum atomic E-state index is 12.4. The van der Waals surface area contributed by atoms with Gasteiger partial charge in [-0.2, -0.15) is 18.9 Å². The van der Waals surface area contributed by atoms with Gasteiger partial charge in [0, 0.05) is 0 Å². The Balaban J connectivity index is 2.37. The summed E-state index contributed by atoms with van der Waals surface area (Å²) in [5.74, 6) is 0.176. The van der Waals surface area contributed by atoms with E-state index in [1.165, 1.54) is 43.5 Å². The standard InChI is InChI=1S/C18H14N2O4S/c1-13-3-6-16(7-4-13)25(21,22)24-17-8-5-14(10-18(17)23-2)9-15(11-19)12-20/h3-10H,1-2H3. The van der Waals surface area contributed by atoms with Crippen molar-refractivity contribution < 1.29 is 17.3 Å². The fourth-order valence-corrected chi connectivity index (χ4v) is 2.91. The van der Waals surface area contributed by atoms with E-state index in [9.17, 15) is 8.42 Å². The van der Waals surface area contributed by atoms with Crippen molar-refractivity contribution in [3.05, 3.63) is 59.2 Å². The van der Waals surface area contributed by atoms with Crippen LogP contribution in [-0.4, -0.2) is 15.5 Å². The van der Waals surface area contributed by atoms with Gasteiger partial charge in [0.05, 0.1) is 7.11 Å². The first kappa shape index (κ1) is 18.1. The van der Waals surface area contributed by atoms with E-state index in [0.717, 1.165) is 5.56 Å². The molecule has 0 saturated heterocycles. The molecule has 0 aliphatic carbocycles. The smallest absolute Gasteiger partial charge is 0.339 e. The zero-order valence-corrected chi connectivity index (χ0v) is 14.4. The first-order chi connectivity index (χ1) is 11.9. The molecule has 0 fully saturated rings. The van der Waals surface area contributed by atoms with Gasteiger partial charge < -0.3 is 8.92 Å². The lowest BCUT2D eigenvalue weighted by Gasteiger charge is -2.11. The molecule has 0 N–H and O–H groups in total. The third-order valence-electron chi connectivity index (χ3n) is 3.25. The van der Waals surface area contributed by atoms with Gasteiger partial charge in [0.1, 0.15) is 22.6 Å². The van der Waals surface area contributed by atoms with Crippen LogP contribution in [-0.2, 0) is 10.1 Å². The van der Waals surface area contributed by atoms with Gasteiger partial charge >= 0.3 is 10.1 Å². The molecule has 25 heavy (non-hydrogen) atoms. The van der Waals surface area contributed by atoms with E-state index >= 15 is 0 Å². The van der Waals surface area contributed by atoms with Crippen LogP contribution in [0.5, 0.6) is 11.5 Å². The van der Waals surface area contributed by atoms with E-state index in [1.807, 2.05) is 6.92 Å². The Morgan fingerprint density at radius 2 is 1.68 bits per heavy atom. The summed E-state index contributed by atoms with van der Waals surface area (Å²) in [7, 11) is -2.64. The van der Waals surface area contributed by atoms with Crippen LogP contribution in [0.1, 0.15) is 11.1 Å². The summed E-state index contributed by atoms with van der Waals surface area (Å²) in [6.07, 6.45) is 1.36. The monoisotopic (exact) mass is 354 g/mol. The lowest BCUT2D eigenvalue weighted by atomic mass is 10.1.